The molecule has 3 aromatic rings. The van der Waals surface area contributed by atoms with Gasteiger partial charge in [0.05, 0.1) is 10.6 Å². The molecule has 0 spiro atoms. The summed E-state index contributed by atoms with van der Waals surface area (Å²) >= 11 is 2.51. The number of anilines is 1. The predicted molar refractivity (Wildman–Crippen MR) is 95.0 cm³/mol. The number of amides is 1. The average Bonchev–Trinajstić information content (AvgIpc) is 3.25. The lowest BCUT2D eigenvalue weighted by Crippen LogP contribution is -2.13. The molecule has 0 unspecified atom stereocenters. The molecule has 0 fully saturated rings. The Morgan fingerprint density at radius 3 is 2.88 bits per heavy atom. The van der Waals surface area contributed by atoms with Gasteiger partial charge in [-0.3, -0.25) is 4.79 Å². The van der Waals surface area contributed by atoms with Gasteiger partial charge >= 0.3 is 0 Å². The van der Waals surface area contributed by atoms with Crippen molar-refractivity contribution >= 4 is 44.3 Å². The lowest BCUT2D eigenvalue weighted by molar-refractivity contribution is -0.116. The second kappa shape index (κ2) is 7.04. The Morgan fingerprint density at radius 1 is 1.44 bits per heavy atom. The Morgan fingerprint density at radius 2 is 2.24 bits per heavy atom. The molecule has 25 heavy (non-hydrogen) atoms. The molecule has 0 aliphatic rings. The van der Waals surface area contributed by atoms with Gasteiger partial charge in [-0.05, 0) is 24.4 Å². The number of sulfonamides is 1. The van der Waals surface area contributed by atoms with Crippen LogP contribution in [0.2, 0.25) is 0 Å². The Hall–Kier alpha value is -2.08. The van der Waals surface area contributed by atoms with E-state index in [0.717, 1.165) is 16.2 Å². The molecule has 3 N–H and O–H groups in total. The number of primary sulfonamides is 1. The van der Waals surface area contributed by atoms with Crippen LogP contribution in [0.5, 0.6) is 0 Å². The monoisotopic (exact) mass is 398 g/mol. The van der Waals surface area contributed by atoms with Crippen molar-refractivity contribution in [2.45, 2.75) is 24.0 Å². The van der Waals surface area contributed by atoms with E-state index in [1.807, 2.05) is 17.5 Å². The van der Waals surface area contributed by atoms with E-state index in [-0.39, 0.29) is 23.0 Å². The first-order valence-electron chi connectivity index (χ1n) is 7.12. The van der Waals surface area contributed by atoms with Crippen LogP contribution in [0.4, 0.5) is 5.69 Å². The molecular weight excluding hydrogens is 384 g/mol. The van der Waals surface area contributed by atoms with Gasteiger partial charge in [0.1, 0.15) is 4.21 Å². The summed E-state index contributed by atoms with van der Waals surface area (Å²) in [5.74, 6) is 0.584. The highest BCUT2D eigenvalue weighted by atomic mass is 32.2. The number of carbonyl (C=O) groups is 1. The second-order valence-electron chi connectivity index (χ2n) is 5.12. The molecule has 0 atom stereocenters. The second-order valence-corrected chi connectivity index (χ2v) is 9.11. The van der Waals surface area contributed by atoms with Crippen LogP contribution in [0.1, 0.15) is 17.2 Å². The van der Waals surface area contributed by atoms with Gasteiger partial charge in [0.25, 0.3) is 0 Å². The molecule has 0 saturated carbocycles. The summed E-state index contributed by atoms with van der Waals surface area (Å²) in [5.41, 5.74) is 0.434. The number of nitrogens with one attached hydrogen (secondary N) is 1. The van der Waals surface area contributed by atoms with Crippen molar-refractivity contribution < 1.29 is 17.7 Å². The predicted octanol–water partition coefficient (Wildman–Crippen LogP) is 2.39. The standard InChI is InChI=1S/C14H14N4O4S3/c1-8-9(7-13(24-8)25(15,20)21)16-11(19)4-5-12-17-14(18-22-12)10-3-2-6-23-10/h2-3,6-7H,4-5H2,1H3,(H,16,19)(H2,15,20,21). The van der Waals surface area contributed by atoms with E-state index >= 15 is 0 Å². The molecule has 0 saturated heterocycles. The third-order valence-electron chi connectivity index (χ3n) is 3.23. The highest BCUT2D eigenvalue weighted by Crippen LogP contribution is 2.29. The number of nitrogens with zero attached hydrogens (tertiary/aromatic N) is 2. The van der Waals surface area contributed by atoms with Crippen molar-refractivity contribution in [3.05, 3.63) is 34.3 Å². The van der Waals surface area contributed by atoms with Crippen LogP contribution in [-0.2, 0) is 21.2 Å². The zero-order chi connectivity index (χ0) is 18.0. The number of thiophene rings is 2. The number of nitrogens with two attached hydrogens (primary N) is 1. The zero-order valence-corrected chi connectivity index (χ0v) is 15.5. The minimum Gasteiger partial charge on any atom is -0.339 e. The van der Waals surface area contributed by atoms with Gasteiger partial charge < -0.3 is 9.84 Å². The molecule has 11 heteroatoms. The van der Waals surface area contributed by atoms with E-state index in [1.54, 1.807) is 6.92 Å². The molecule has 0 aliphatic heterocycles. The van der Waals surface area contributed by atoms with Gasteiger partial charge in [-0.2, -0.15) is 4.98 Å². The number of rotatable bonds is 6. The van der Waals surface area contributed by atoms with Crippen LogP contribution in [0, 0.1) is 6.92 Å². The summed E-state index contributed by atoms with van der Waals surface area (Å²) in [5, 5.41) is 13.6. The Kier molecular flexibility index (Phi) is 4.99. The van der Waals surface area contributed by atoms with Crippen molar-refractivity contribution in [2.75, 3.05) is 5.32 Å². The van der Waals surface area contributed by atoms with Crippen LogP contribution in [0.25, 0.3) is 10.7 Å². The highest BCUT2D eigenvalue weighted by molar-refractivity contribution is 7.91. The Balaban J connectivity index is 1.59. The maximum absolute atomic E-state index is 12.1. The van der Waals surface area contributed by atoms with Gasteiger partial charge in [0, 0.05) is 17.7 Å². The van der Waals surface area contributed by atoms with Crippen molar-refractivity contribution in [3.8, 4) is 10.7 Å². The molecule has 3 aromatic heterocycles. The van der Waals surface area contributed by atoms with E-state index in [2.05, 4.69) is 15.5 Å². The summed E-state index contributed by atoms with van der Waals surface area (Å²) in [6.45, 7) is 1.71. The maximum atomic E-state index is 12.1. The highest BCUT2D eigenvalue weighted by Gasteiger charge is 2.17. The summed E-state index contributed by atoms with van der Waals surface area (Å²) in [4.78, 5) is 17.9. The number of hydrogen-bond acceptors (Lipinski definition) is 8. The summed E-state index contributed by atoms with van der Waals surface area (Å²) < 4.78 is 27.8. The maximum Gasteiger partial charge on any atom is 0.247 e. The summed E-state index contributed by atoms with van der Waals surface area (Å²) in [6.07, 6.45) is 0.418. The van der Waals surface area contributed by atoms with E-state index in [1.165, 1.54) is 17.4 Å². The van der Waals surface area contributed by atoms with Crippen molar-refractivity contribution in [1.29, 1.82) is 0 Å². The van der Waals surface area contributed by atoms with Crippen molar-refractivity contribution in [1.82, 2.24) is 10.1 Å². The minimum atomic E-state index is -3.78. The van der Waals surface area contributed by atoms with Crippen LogP contribution < -0.4 is 10.5 Å². The lowest BCUT2D eigenvalue weighted by atomic mass is 10.3. The fourth-order valence-corrected chi connectivity index (χ4v) is 4.48. The number of aryl methyl sites for hydroxylation is 2. The first kappa shape index (κ1) is 17.7. The topological polar surface area (TPSA) is 128 Å². The van der Waals surface area contributed by atoms with Gasteiger partial charge in [-0.1, -0.05) is 11.2 Å². The van der Waals surface area contributed by atoms with Gasteiger partial charge in [-0.15, -0.1) is 22.7 Å². The minimum absolute atomic E-state index is 0.0118. The Bertz CT molecular complexity index is 989. The molecule has 1 amide bonds. The molecule has 132 valence electrons. The fraction of sp³-hybridized carbons (Fsp3) is 0.214. The molecule has 0 bridgehead atoms. The summed E-state index contributed by atoms with van der Waals surface area (Å²) in [7, 11) is -3.78. The van der Waals surface area contributed by atoms with Crippen LogP contribution >= 0.6 is 22.7 Å². The average molecular weight is 398 g/mol. The zero-order valence-electron chi connectivity index (χ0n) is 13.1. The first-order chi connectivity index (χ1) is 11.8. The first-order valence-corrected chi connectivity index (χ1v) is 10.4. The van der Waals surface area contributed by atoms with Gasteiger partial charge in [0.2, 0.25) is 27.6 Å². The van der Waals surface area contributed by atoms with E-state index < -0.39 is 10.0 Å². The lowest BCUT2D eigenvalue weighted by Gasteiger charge is -2.02. The van der Waals surface area contributed by atoms with Crippen LogP contribution in [0.3, 0.4) is 0 Å². The third kappa shape index (κ3) is 4.31. The van der Waals surface area contributed by atoms with Crippen LogP contribution in [-0.4, -0.2) is 24.5 Å². The van der Waals surface area contributed by atoms with Gasteiger partial charge in [-0.25, -0.2) is 13.6 Å². The SMILES string of the molecule is Cc1sc(S(N)(=O)=O)cc1NC(=O)CCc1nc(-c2cccs2)no1. The fourth-order valence-electron chi connectivity index (χ4n) is 2.01. The van der Waals surface area contributed by atoms with E-state index in [9.17, 15) is 13.2 Å². The Labute approximate surface area is 151 Å². The molecule has 8 nitrogen and oxygen atoms in total. The molecule has 0 radical (unpaired) electrons. The molecule has 0 aliphatic carbocycles. The van der Waals surface area contributed by atoms with Crippen molar-refractivity contribution in [2.24, 2.45) is 5.14 Å². The largest absolute Gasteiger partial charge is 0.339 e. The smallest absolute Gasteiger partial charge is 0.247 e. The molecule has 3 rings (SSSR count). The summed E-state index contributed by atoms with van der Waals surface area (Å²) in [6, 6.07) is 5.13. The number of hydrogen-bond donors (Lipinski definition) is 2. The van der Waals surface area contributed by atoms with Crippen LogP contribution in [0.15, 0.2) is 32.3 Å². The van der Waals surface area contributed by atoms with E-state index in [4.69, 9.17) is 9.66 Å². The molecular formula is C14H14N4O4S3. The quantitative estimate of drug-likeness (QED) is 0.656. The normalized spacial score (nSPS) is 11.6. The number of aromatic nitrogens is 2. The molecule has 0 aromatic carbocycles. The van der Waals surface area contributed by atoms with E-state index in [0.29, 0.717) is 22.3 Å². The van der Waals surface area contributed by atoms with Gasteiger partial charge in [0.15, 0.2) is 0 Å². The molecule has 3 heterocycles. The number of carbonyl (C=O) groups excluding carboxylic acids is 1. The van der Waals surface area contributed by atoms with Crippen molar-refractivity contribution in [3.63, 3.8) is 0 Å². The third-order valence-corrected chi connectivity index (χ3v) is 6.56.